The van der Waals surface area contributed by atoms with Crippen molar-refractivity contribution in [2.75, 3.05) is 6.61 Å². The average molecular weight is 304 g/mol. The van der Waals surface area contributed by atoms with Gasteiger partial charge in [0.05, 0.1) is 36.7 Å². The molecule has 0 fully saturated rings. The Bertz CT molecular complexity index is 813. The molecule has 1 heterocycles. The summed E-state index contributed by atoms with van der Waals surface area (Å²) < 4.78 is 7.31. The Balaban J connectivity index is 1.82. The Morgan fingerprint density at radius 3 is 2.48 bits per heavy atom. The van der Waals surface area contributed by atoms with Crippen LogP contribution < -0.4 is 4.74 Å². The summed E-state index contributed by atoms with van der Waals surface area (Å²) in [7, 11) is 0. The molecule has 114 valence electrons. The zero-order valence-corrected chi connectivity index (χ0v) is 12.8. The van der Waals surface area contributed by atoms with E-state index in [0.29, 0.717) is 18.7 Å². The lowest BCUT2D eigenvalue weighted by molar-refractivity contribution is 0.340. The SMILES string of the molecule is CCOc1ccc(-c2cnnn2Cc2ccc(C#N)cc2)cc1. The molecule has 5 heteroatoms. The van der Waals surface area contributed by atoms with Crippen LogP contribution in [0.5, 0.6) is 5.75 Å². The third-order valence-electron chi connectivity index (χ3n) is 3.49. The smallest absolute Gasteiger partial charge is 0.119 e. The number of benzene rings is 2. The average Bonchev–Trinajstić information content (AvgIpc) is 3.05. The molecule has 23 heavy (non-hydrogen) atoms. The van der Waals surface area contributed by atoms with Crippen molar-refractivity contribution in [1.29, 1.82) is 5.26 Å². The summed E-state index contributed by atoms with van der Waals surface area (Å²) in [5.41, 5.74) is 3.70. The lowest BCUT2D eigenvalue weighted by Crippen LogP contribution is -2.04. The summed E-state index contributed by atoms with van der Waals surface area (Å²) in [5, 5.41) is 17.0. The van der Waals surface area contributed by atoms with Crippen LogP contribution in [0.4, 0.5) is 0 Å². The van der Waals surface area contributed by atoms with Crippen LogP contribution in [0.2, 0.25) is 0 Å². The highest BCUT2D eigenvalue weighted by molar-refractivity contribution is 5.59. The number of hydrogen-bond donors (Lipinski definition) is 0. The standard InChI is InChI=1S/C18H16N4O/c1-2-23-17-9-7-16(8-10-17)18-12-20-21-22(18)13-15-5-3-14(11-19)4-6-15/h3-10,12H,2,13H2,1H3. The minimum Gasteiger partial charge on any atom is -0.494 e. The number of nitriles is 1. The number of rotatable bonds is 5. The monoisotopic (exact) mass is 304 g/mol. The Morgan fingerprint density at radius 1 is 1.09 bits per heavy atom. The van der Waals surface area contributed by atoms with E-state index < -0.39 is 0 Å². The summed E-state index contributed by atoms with van der Waals surface area (Å²) in [4.78, 5) is 0. The van der Waals surface area contributed by atoms with Crippen LogP contribution in [0.25, 0.3) is 11.3 Å². The molecule has 5 nitrogen and oxygen atoms in total. The lowest BCUT2D eigenvalue weighted by atomic mass is 10.1. The van der Waals surface area contributed by atoms with Gasteiger partial charge in [-0.1, -0.05) is 17.3 Å². The third-order valence-corrected chi connectivity index (χ3v) is 3.49. The van der Waals surface area contributed by atoms with E-state index in [0.717, 1.165) is 22.6 Å². The maximum Gasteiger partial charge on any atom is 0.119 e. The highest BCUT2D eigenvalue weighted by Crippen LogP contribution is 2.22. The van der Waals surface area contributed by atoms with Crippen molar-refractivity contribution in [2.45, 2.75) is 13.5 Å². The molecule has 0 radical (unpaired) electrons. The van der Waals surface area contributed by atoms with Crippen LogP contribution in [0.15, 0.2) is 54.7 Å². The summed E-state index contributed by atoms with van der Waals surface area (Å²) >= 11 is 0. The van der Waals surface area contributed by atoms with Crippen LogP contribution in [0.1, 0.15) is 18.1 Å². The Labute approximate surface area is 134 Å². The van der Waals surface area contributed by atoms with Crippen LogP contribution in [-0.2, 0) is 6.54 Å². The first-order valence-electron chi connectivity index (χ1n) is 7.41. The van der Waals surface area contributed by atoms with E-state index in [9.17, 15) is 0 Å². The largest absolute Gasteiger partial charge is 0.494 e. The first kappa shape index (κ1) is 14.8. The van der Waals surface area contributed by atoms with E-state index in [1.807, 2.05) is 60.1 Å². The van der Waals surface area contributed by atoms with Gasteiger partial charge in [-0.2, -0.15) is 5.26 Å². The van der Waals surface area contributed by atoms with E-state index in [2.05, 4.69) is 16.4 Å². The molecule has 0 aliphatic carbocycles. The minimum absolute atomic E-state index is 0.605. The van der Waals surface area contributed by atoms with Crippen molar-refractivity contribution in [1.82, 2.24) is 15.0 Å². The topological polar surface area (TPSA) is 63.7 Å². The fraction of sp³-hybridized carbons (Fsp3) is 0.167. The van der Waals surface area contributed by atoms with Crippen LogP contribution in [-0.4, -0.2) is 21.6 Å². The molecular weight excluding hydrogens is 288 g/mol. The van der Waals surface area contributed by atoms with Gasteiger partial charge in [-0.15, -0.1) is 5.10 Å². The molecule has 0 saturated carbocycles. The van der Waals surface area contributed by atoms with E-state index in [4.69, 9.17) is 10.00 Å². The molecule has 0 amide bonds. The second kappa shape index (κ2) is 6.75. The molecule has 0 unspecified atom stereocenters. The quantitative estimate of drug-likeness (QED) is 0.725. The molecule has 0 atom stereocenters. The summed E-state index contributed by atoms with van der Waals surface area (Å²) in [6.07, 6.45) is 1.75. The molecule has 0 aliphatic rings. The molecule has 3 rings (SSSR count). The molecule has 2 aromatic carbocycles. The number of ether oxygens (including phenoxy) is 1. The van der Waals surface area contributed by atoms with Gasteiger partial charge in [0, 0.05) is 5.56 Å². The van der Waals surface area contributed by atoms with Crippen molar-refractivity contribution < 1.29 is 4.74 Å². The van der Waals surface area contributed by atoms with Gasteiger partial charge in [-0.05, 0) is 48.9 Å². The molecule has 3 aromatic rings. The fourth-order valence-electron chi connectivity index (χ4n) is 2.34. The second-order valence-corrected chi connectivity index (χ2v) is 5.04. The van der Waals surface area contributed by atoms with E-state index >= 15 is 0 Å². The zero-order valence-electron chi connectivity index (χ0n) is 12.8. The zero-order chi connectivity index (χ0) is 16.1. The first-order chi connectivity index (χ1) is 11.3. The molecule has 0 N–H and O–H groups in total. The summed E-state index contributed by atoms with van der Waals surface area (Å²) in [5.74, 6) is 0.849. The van der Waals surface area contributed by atoms with Gasteiger partial charge in [-0.25, -0.2) is 4.68 Å². The van der Waals surface area contributed by atoms with E-state index in [1.165, 1.54) is 0 Å². The molecule has 1 aromatic heterocycles. The van der Waals surface area contributed by atoms with Gasteiger partial charge in [0.1, 0.15) is 5.75 Å². The Hall–Kier alpha value is -3.13. The number of aromatic nitrogens is 3. The predicted molar refractivity (Wildman–Crippen MR) is 86.9 cm³/mol. The second-order valence-electron chi connectivity index (χ2n) is 5.04. The first-order valence-corrected chi connectivity index (χ1v) is 7.41. The Morgan fingerprint density at radius 2 is 1.83 bits per heavy atom. The van der Waals surface area contributed by atoms with Gasteiger partial charge < -0.3 is 4.74 Å². The molecule has 0 bridgehead atoms. The highest BCUT2D eigenvalue weighted by atomic mass is 16.5. The van der Waals surface area contributed by atoms with E-state index in [1.54, 1.807) is 6.20 Å². The third kappa shape index (κ3) is 3.38. The van der Waals surface area contributed by atoms with Gasteiger partial charge in [0.15, 0.2) is 0 Å². The molecule has 0 spiro atoms. The predicted octanol–water partition coefficient (Wildman–Crippen LogP) is 3.26. The van der Waals surface area contributed by atoms with Crippen molar-refractivity contribution in [2.24, 2.45) is 0 Å². The maximum atomic E-state index is 8.85. The van der Waals surface area contributed by atoms with Crippen LogP contribution >= 0.6 is 0 Å². The minimum atomic E-state index is 0.605. The van der Waals surface area contributed by atoms with Crippen molar-refractivity contribution >= 4 is 0 Å². The van der Waals surface area contributed by atoms with Crippen molar-refractivity contribution in [3.8, 4) is 23.1 Å². The van der Waals surface area contributed by atoms with E-state index in [-0.39, 0.29) is 0 Å². The van der Waals surface area contributed by atoms with Gasteiger partial charge in [0.2, 0.25) is 0 Å². The Kier molecular flexibility index (Phi) is 4.34. The van der Waals surface area contributed by atoms with Gasteiger partial charge >= 0.3 is 0 Å². The molecular formula is C18H16N4O. The fourth-order valence-corrected chi connectivity index (χ4v) is 2.34. The summed E-state index contributed by atoms with van der Waals surface area (Å²) in [6.45, 7) is 3.22. The van der Waals surface area contributed by atoms with Crippen LogP contribution in [0.3, 0.4) is 0 Å². The van der Waals surface area contributed by atoms with Gasteiger partial charge in [-0.3, -0.25) is 0 Å². The van der Waals surface area contributed by atoms with Gasteiger partial charge in [0.25, 0.3) is 0 Å². The molecule has 0 aliphatic heterocycles. The van der Waals surface area contributed by atoms with Crippen LogP contribution in [0, 0.1) is 11.3 Å². The summed E-state index contributed by atoms with van der Waals surface area (Å²) in [6, 6.07) is 17.5. The normalized spacial score (nSPS) is 10.3. The molecule has 0 saturated heterocycles. The number of hydrogen-bond acceptors (Lipinski definition) is 4. The maximum absolute atomic E-state index is 8.85. The number of nitrogens with zero attached hydrogens (tertiary/aromatic N) is 4. The van der Waals surface area contributed by atoms with Crippen molar-refractivity contribution in [3.63, 3.8) is 0 Å². The van der Waals surface area contributed by atoms with Crippen molar-refractivity contribution in [3.05, 3.63) is 65.9 Å². The lowest BCUT2D eigenvalue weighted by Gasteiger charge is -2.08. The highest BCUT2D eigenvalue weighted by Gasteiger charge is 2.08.